The summed E-state index contributed by atoms with van der Waals surface area (Å²) < 4.78 is 4.98. The number of hydrogen-bond donors (Lipinski definition) is 3. The second kappa shape index (κ2) is 11.5. The van der Waals surface area contributed by atoms with Gasteiger partial charge in [-0.1, -0.05) is 30.0 Å². The van der Waals surface area contributed by atoms with Crippen molar-refractivity contribution in [1.82, 2.24) is 15.0 Å². The van der Waals surface area contributed by atoms with Crippen molar-refractivity contribution < 1.29 is 9.53 Å². The molecule has 0 aliphatic carbocycles. The first kappa shape index (κ1) is 20.2. The highest BCUT2D eigenvalue weighted by Crippen LogP contribution is 2.12. The topological polar surface area (TPSA) is 101 Å². The highest BCUT2D eigenvalue weighted by atomic mass is 35.5. The Morgan fingerprint density at radius 2 is 1.81 bits per heavy atom. The molecule has 0 unspecified atom stereocenters. The summed E-state index contributed by atoms with van der Waals surface area (Å²) in [5, 5.41) is 8.89. The lowest BCUT2D eigenvalue weighted by molar-refractivity contribution is 0.197. The standard InChI is InChI=1S/C16H21ClN6O2S/c1-25-10-5-8-18-14-21-13(17)22-15(23-14)19-9-11-26-16(24)20-12-6-3-2-4-7-12/h2-4,6-7H,5,8-11H2,1H3,(H,20,24)(H2,18,19,21,22,23). The molecule has 1 aromatic carbocycles. The third kappa shape index (κ3) is 7.85. The number of rotatable bonds is 10. The number of para-hydroxylation sites is 1. The molecule has 0 aliphatic heterocycles. The van der Waals surface area contributed by atoms with Crippen LogP contribution in [0.25, 0.3) is 0 Å². The summed E-state index contributed by atoms with van der Waals surface area (Å²) in [5.41, 5.74) is 0.770. The number of thioether (sulfide) groups is 1. The van der Waals surface area contributed by atoms with E-state index in [0.717, 1.165) is 12.1 Å². The fourth-order valence-corrected chi connectivity index (χ4v) is 2.65. The number of amides is 1. The van der Waals surface area contributed by atoms with Crippen molar-refractivity contribution in [1.29, 1.82) is 0 Å². The number of carbonyl (C=O) groups is 1. The molecule has 1 aromatic heterocycles. The Morgan fingerprint density at radius 1 is 1.12 bits per heavy atom. The zero-order chi connectivity index (χ0) is 18.6. The molecular weight excluding hydrogens is 376 g/mol. The normalized spacial score (nSPS) is 10.4. The van der Waals surface area contributed by atoms with E-state index in [1.165, 1.54) is 11.8 Å². The number of anilines is 3. The number of halogens is 1. The number of methoxy groups -OCH3 is 1. The molecule has 8 nitrogen and oxygen atoms in total. The maximum absolute atomic E-state index is 11.8. The molecular formula is C16H21ClN6O2S. The maximum Gasteiger partial charge on any atom is 0.283 e. The molecule has 0 spiro atoms. The zero-order valence-electron chi connectivity index (χ0n) is 14.4. The number of aromatic nitrogens is 3. The van der Waals surface area contributed by atoms with Crippen molar-refractivity contribution in [3.8, 4) is 0 Å². The monoisotopic (exact) mass is 396 g/mol. The first-order chi connectivity index (χ1) is 12.7. The Balaban J connectivity index is 1.71. The van der Waals surface area contributed by atoms with Gasteiger partial charge in [-0.25, -0.2) is 0 Å². The second-order valence-electron chi connectivity index (χ2n) is 5.08. The number of ether oxygens (including phenoxy) is 1. The van der Waals surface area contributed by atoms with Gasteiger partial charge in [0.1, 0.15) is 0 Å². The fourth-order valence-electron chi connectivity index (χ4n) is 1.91. The predicted octanol–water partition coefficient (Wildman–Crippen LogP) is 3.35. The molecule has 1 amide bonds. The van der Waals surface area contributed by atoms with Crippen molar-refractivity contribution in [3.05, 3.63) is 35.6 Å². The molecule has 140 valence electrons. The summed E-state index contributed by atoms with van der Waals surface area (Å²) in [4.78, 5) is 24.1. The summed E-state index contributed by atoms with van der Waals surface area (Å²) in [5.74, 6) is 1.32. The van der Waals surface area contributed by atoms with Crippen LogP contribution in [0.2, 0.25) is 5.28 Å². The van der Waals surface area contributed by atoms with Crippen LogP contribution in [0.5, 0.6) is 0 Å². The van der Waals surface area contributed by atoms with Crippen molar-refractivity contribution in [2.75, 3.05) is 48.5 Å². The lowest BCUT2D eigenvalue weighted by Gasteiger charge is -2.08. The van der Waals surface area contributed by atoms with Crippen LogP contribution in [0, 0.1) is 0 Å². The largest absolute Gasteiger partial charge is 0.385 e. The number of nitrogens with one attached hydrogen (secondary N) is 3. The van der Waals surface area contributed by atoms with Crippen molar-refractivity contribution in [2.45, 2.75) is 6.42 Å². The third-order valence-electron chi connectivity index (χ3n) is 3.05. The van der Waals surface area contributed by atoms with Crippen LogP contribution < -0.4 is 16.0 Å². The van der Waals surface area contributed by atoms with Gasteiger partial charge in [0.05, 0.1) is 0 Å². The van der Waals surface area contributed by atoms with E-state index in [9.17, 15) is 4.79 Å². The zero-order valence-corrected chi connectivity index (χ0v) is 15.9. The van der Waals surface area contributed by atoms with Crippen molar-refractivity contribution >= 4 is 46.2 Å². The van der Waals surface area contributed by atoms with E-state index in [-0.39, 0.29) is 10.5 Å². The van der Waals surface area contributed by atoms with Crippen LogP contribution in [0.3, 0.4) is 0 Å². The quantitative estimate of drug-likeness (QED) is 0.525. The third-order valence-corrected chi connectivity index (χ3v) is 4.00. The average molecular weight is 397 g/mol. The number of benzene rings is 1. The van der Waals surface area contributed by atoms with E-state index >= 15 is 0 Å². The second-order valence-corrected chi connectivity index (χ2v) is 6.48. The summed E-state index contributed by atoms with van der Waals surface area (Å²) in [6, 6.07) is 9.31. The molecule has 0 fully saturated rings. The van der Waals surface area contributed by atoms with Gasteiger partial charge in [0.2, 0.25) is 17.2 Å². The molecule has 0 saturated heterocycles. The SMILES string of the molecule is COCCCNc1nc(Cl)nc(NCCSC(=O)Nc2ccccc2)n1. The highest BCUT2D eigenvalue weighted by molar-refractivity contribution is 8.13. The van der Waals surface area contributed by atoms with Crippen molar-refractivity contribution in [2.24, 2.45) is 0 Å². The first-order valence-corrected chi connectivity index (χ1v) is 9.41. The minimum Gasteiger partial charge on any atom is -0.385 e. The van der Waals surface area contributed by atoms with Gasteiger partial charge in [0.25, 0.3) is 5.24 Å². The van der Waals surface area contributed by atoms with Crippen molar-refractivity contribution in [3.63, 3.8) is 0 Å². The lowest BCUT2D eigenvalue weighted by atomic mass is 10.3. The van der Waals surface area contributed by atoms with Gasteiger partial charge in [-0.2, -0.15) is 15.0 Å². The Morgan fingerprint density at radius 3 is 2.50 bits per heavy atom. The van der Waals surface area contributed by atoms with Gasteiger partial charge in [0.15, 0.2) is 0 Å². The van der Waals surface area contributed by atoms with Crippen LogP contribution in [-0.4, -0.2) is 52.8 Å². The van der Waals surface area contributed by atoms with Gasteiger partial charge in [-0.3, -0.25) is 4.79 Å². The predicted molar refractivity (Wildman–Crippen MR) is 106 cm³/mol. The van der Waals surface area contributed by atoms with Gasteiger partial charge in [0, 0.05) is 38.2 Å². The van der Waals surface area contributed by atoms with Crippen LogP contribution in [-0.2, 0) is 4.74 Å². The Bertz CT molecular complexity index is 692. The van der Waals surface area contributed by atoms with Crippen LogP contribution >= 0.6 is 23.4 Å². The molecule has 0 bridgehead atoms. The molecule has 26 heavy (non-hydrogen) atoms. The highest BCUT2D eigenvalue weighted by Gasteiger charge is 2.06. The Kier molecular flexibility index (Phi) is 8.94. The van der Waals surface area contributed by atoms with E-state index < -0.39 is 0 Å². The minimum absolute atomic E-state index is 0.103. The number of carbonyl (C=O) groups excluding carboxylic acids is 1. The number of hydrogen-bond acceptors (Lipinski definition) is 8. The van der Waals surface area contributed by atoms with Crippen LogP contribution in [0.1, 0.15) is 6.42 Å². The summed E-state index contributed by atoms with van der Waals surface area (Å²) >= 11 is 7.08. The van der Waals surface area contributed by atoms with E-state index in [2.05, 4.69) is 30.9 Å². The van der Waals surface area contributed by atoms with E-state index in [1.807, 2.05) is 30.3 Å². The summed E-state index contributed by atoms with van der Waals surface area (Å²) in [7, 11) is 1.65. The molecule has 0 saturated carbocycles. The molecule has 0 radical (unpaired) electrons. The van der Waals surface area contributed by atoms with Gasteiger partial charge in [-0.05, 0) is 30.2 Å². The van der Waals surface area contributed by atoms with Gasteiger partial charge in [-0.15, -0.1) is 0 Å². The molecule has 0 atom stereocenters. The molecule has 0 aliphatic rings. The molecule has 3 N–H and O–H groups in total. The van der Waals surface area contributed by atoms with Gasteiger partial charge < -0.3 is 20.7 Å². The molecule has 2 aromatic rings. The number of nitrogens with zero attached hydrogens (tertiary/aromatic N) is 3. The Labute approximate surface area is 161 Å². The van der Waals surface area contributed by atoms with Crippen LogP contribution in [0.15, 0.2) is 30.3 Å². The minimum atomic E-state index is -0.118. The summed E-state index contributed by atoms with van der Waals surface area (Å²) in [6.45, 7) is 1.83. The first-order valence-electron chi connectivity index (χ1n) is 8.04. The lowest BCUT2D eigenvalue weighted by Crippen LogP contribution is -2.14. The maximum atomic E-state index is 11.8. The molecule has 2 rings (SSSR count). The Hall–Kier alpha value is -2.10. The smallest absolute Gasteiger partial charge is 0.283 e. The van der Waals surface area contributed by atoms with Crippen LogP contribution in [0.4, 0.5) is 22.4 Å². The fraction of sp³-hybridized carbons (Fsp3) is 0.375. The molecule has 1 heterocycles. The van der Waals surface area contributed by atoms with E-state index in [1.54, 1.807) is 7.11 Å². The molecule has 10 heteroatoms. The van der Waals surface area contributed by atoms with E-state index in [0.29, 0.717) is 37.3 Å². The van der Waals surface area contributed by atoms with Gasteiger partial charge >= 0.3 is 0 Å². The average Bonchev–Trinajstić information content (AvgIpc) is 2.63. The van der Waals surface area contributed by atoms with E-state index in [4.69, 9.17) is 16.3 Å². The summed E-state index contributed by atoms with van der Waals surface area (Å²) in [6.07, 6.45) is 0.829.